The largest absolute Gasteiger partial charge is 0.493 e. The molecule has 0 spiro atoms. The summed E-state index contributed by atoms with van der Waals surface area (Å²) >= 11 is 1.41. The number of benzene rings is 3. The molecule has 2 aliphatic rings. The molecule has 0 aliphatic carbocycles. The highest BCUT2D eigenvalue weighted by Crippen LogP contribution is 2.36. The normalized spacial score (nSPS) is 16.3. The number of methoxy groups -OCH3 is 1. The first-order valence-corrected chi connectivity index (χ1v) is 12.1. The van der Waals surface area contributed by atoms with E-state index in [-0.39, 0.29) is 5.91 Å². The van der Waals surface area contributed by atoms with Gasteiger partial charge in [0, 0.05) is 16.5 Å². The molecule has 8 heteroatoms. The molecule has 3 aromatic rings. The highest BCUT2D eigenvalue weighted by molar-refractivity contribution is 8.14. The molecule has 1 N–H and O–H groups in total. The number of hydrogen-bond donors (Lipinski definition) is 1. The Morgan fingerprint density at radius 1 is 1.09 bits per heavy atom. The van der Waals surface area contributed by atoms with Gasteiger partial charge in [0.25, 0.3) is 5.91 Å². The lowest BCUT2D eigenvalue weighted by Crippen LogP contribution is -2.50. The summed E-state index contributed by atoms with van der Waals surface area (Å²) in [6.07, 6.45) is 1.23. The number of amides is 1. The maximum Gasteiger partial charge on any atom is 0.276 e. The molecule has 0 saturated carbocycles. The van der Waals surface area contributed by atoms with Crippen molar-refractivity contribution in [3.8, 4) is 11.5 Å². The number of para-hydroxylation sites is 1. The lowest BCUT2D eigenvalue weighted by Gasteiger charge is -2.34. The molecular weight excluding hydrogens is 460 g/mol. The molecule has 0 unspecified atom stereocenters. The molecule has 2 heterocycles. The molecule has 0 fully saturated rings. The standard InChI is InChI=1S/C27H24N4O3S/c1-3-15-35-27-29-26(32)24-20-11-7-8-12-21(20)28-25(31(24)30-27)19-13-14-22(23(16-19)33-2)34-17-18-9-5-4-6-10-18/h3-14,16,25H,1,15,17H2,2H3,(H,29,30,32)/t25-/m1/s1. The quantitative estimate of drug-likeness (QED) is 0.521. The summed E-state index contributed by atoms with van der Waals surface area (Å²) in [5.74, 6) is 1.62. The Balaban J connectivity index is 1.53. The van der Waals surface area contributed by atoms with Crippen LogP contribution in [0.25, 0.3) is 5.70 Å². The molecule has 5 rings (SSSR count). The van der Waals surface area contributed by atoms with E-state index in [4.69, 9.17) is 19.6 Å². The van der Waals surface area contributed by atoms with Crippen LogP contribution in [0.3, 0.4) is 0 Å². The predicted molar refractivity (Wildman–Crippen MR) is 137 cm³/mol. The third-order valence-corrected chi connectivity index (χ3v) is 6.44. The van der Waals surface area contributed by atoms with Gasteiger partial charge >= 0.3 is 0 Å². The average Bonchev–Trinajstić information content (AvgIpc) is 2.90. The second-order valence-electron chi connectivity index (χ2n) is 7.86. The fourth-order valence-corrected chi connectivity index (χ4v) is 4.53. The summed E-state index contributed by atoms with van der Waals surface area (Å²) in [6, 6.07) is 23.2. The zero-order valence-corrected chi connectivity index (χ0v) is 20.0. The Morgan fingerprint density at radius 3 is 2.69 bits per heavy atom. The molecule has 2 aliphatic heterocycles. The van der Waals surface area contributed by atoms with Crippen LogP contribution in [-0.2, 0) is 11.4 Å². The van der Waals surface area contributed by atoms with Gasteiger partial charge in [0.1, 0.15) is 12.3 Å². The number of ether oxygens (including phenoxy) is 2. The van der Waals surface area contributed by atoms with Crippen molar-refractivity contribution in [2.24, 2.45) is 10.1 Å². The fourth-order valence-electron chi connectivity index (χ4n) is 3.95. The molecule has 0 radical (unpaired) electrons. The Hall–Kier alpha value is -4.04. The van der Waals surface area contributed by atoms with Crippen LogP contribution in [-0.4, -0.2) is 28.9 Å². The second-order valence-corrected chi connectivity index (χ2v) is 8.87. The van der Waals surface area contributed by atoms with E-state index in [1.165, 1.54) is 11.8 Å². The predicted octanol–water partition coefficient (Wildman–Crippen LogP) is 3.34. The number of nitrogens with one attached hydrogen (secondary N) is 1. The van der Waals surface area contributed by atoms with E-state index in [1.807, 2.05) is 72.8 Å². The highest BCUT2D eigenvalue weighted by Gasteiger charge is 2.34. The molecule has 35 heavy (non-hydrogen) atoms. The third kappa shape index (κ3) is 4.65. The summed E-state index contributed by atoms with van der Waals surface area (Å²) in [4.78, 5) is 18.1. The minimum absolute atomic E-state index is 0.214. The van der Waals surface area contributed by atoms with Crippen molar-refractivity contribution in [2.75, 3.05) is 12.9 Å². The number of thioether (sulfide) groups is 1. The van der Waals surface area contributed by atoms with E-state index >= 15 is 0 Å². The molecular formula is C27H24N4O3S. The zero-order chi connectivity index (χ0) is 24.2. The van der Waals surface area contributed by atoms with Gasteiger partial charge in [0.15, 0.2) is 22.8 Å². The minimum Gasteiger partial charge on any atom is -0.493 e. The molecule has 3 aromatic carbocycles. The molecule has 0 bridgehead atoms. The fraction of sp³-hybridized carbons (Fsp3) is 0.148. The van der Waals surface area contributed by atoms with E-state index in [0.29, 0.717) is 34.7 Å². The second kappa shape index (κ2) is 10.1. The van der Waals surface area contributed by atoms with Crippen LogP contribution in [0.5, 0.6) is 11.5 Å². The van der Waals surface area contributed by atoms with Crippen LogP contribution in [0.15, 0.2) is 95.5 Å². The molecule has 7 nitrogen and oxygen atoms in total. The van der Waals surface area contributed by atoms with Crippen LogP contribution in [0.4, 0.5) is 0 Å². The summed E-state index contributed by atoms with van der Waals surface area (Å²) in [5, 5.41) is 11.3. The van der Waals surface area contributed by atoms with Crippen molar-refractivity contribution in [3.63, 3.8) is 0 Å². The average molecular weight is 485 g/mol. The summed E-state index contributed by atoms with van der Waals surface area (Å²) in [5.41, 5.74) is 2.36. The number of amidine groups is 1. The van der Waals surface area contributed by atoms with Gasteiger partial charge in [-0.1, -0.05) is 72.4 Å². The molecule has 1 atom stereocenters. The van der Waals surface area contributed by atoms with Gasteiger partial charge in [-0.3, -0.25) is 15.1 Å². The maximum absolute atomic E-state index is 13.1. The van der Waals surface area contributed by atoms with Crippen LogP contribution < -0.4 is 25.4 Å². The first-order valence-electron chi connectivity index (χ1n) is 11.1. The Labute approximate surface area is 207 Å². The summed E-state index contributed by atoms with van der Waals surface area (Å²) in [6.45, 7) is 4.17. The molecule has 0 saturated heterocycles. The van der Waals surface area contributed by atoms with Crippen molar-refractivity contribution >= 4 is 28.5 Å². The monoisotopic (exact) mass is 484 g/mol. The molecule has 1 amide bonds. The van der Waals surface area contributed by atoms with Gasteiger partial charge in [-0.15, -0.1) is 11.7 Å². The van der Waals surface area contributed by atoms with Gasteiger partial charge in [0.2, 0.25) is 0 Å². The van der Waals surface area contributed by atoms with Gasteiger partial charge in [0.05, 0.1) is 12.5 Å². The topological polar surface area (TPSA) is 75.5 Å². The van der Waals surface area contributed by atoms with Crippen LogP contribution in [0.2, 0.25) is 0 Å². The zero-order valence-electron chi connectivity index (χ0n) is 19.2. The van der Waals surface area contributed by atoms with E-state index in [0.717, 1.165) is 21.7 Å². The summed E-state index contributed by atoms with van der Waals surface area (Å²) < 4.78 is 11.7. The molecule has 0 aromatic heterocycles. The number of nitrogens with zero attached hydrogens (tertiary/aromatic N) is 3. The van der Waals surface area contributed by atoms with Crippen molar-refractivity contribution in [1.29, 1.82) is 0 Å². The van der Waals surface area contributed by atoms with Crippen LogP contribution in [0, 0.1) is 0 Å². The van der Waals surface area contributed by atoms with E-state index < -0.39 is 6.17 Å². The number of hydrogen-bond acceptors (Lipinski definition) is 7. The number of carbonyl (C=O) groups is 1. The molecule has 176 valence electrons. The van der Waals surface area contributed by atoms with Crippen molar-refractivity contribution in [2.45, 2.75) is 12.8 Å². The maximum atomic E-state index is 13.1. The van der Waals surface area contributed by atoms with Crippen LogP contribution in [0.1, 0.15) is 17.3 Å². The van der Waals surface area contributed by atoms with E-state index in [1.54, 1.807) is 18.2 Å². The Kier molecular flexibility index (Phi) is 6.54. The van der Waals surface area contributed by atoms with Gasteiger partial charge < -0.3 is 9.47 Å². The van der Waals surface area contributed by atoms with Crippen LogP contribution >= 0.6 is 11.8 Å². The summed E-state index contributed by atoms with van der Waals surface area (Å²) in [7, 11) is 1.61. The van der Waals surface area contributed by atoms with Crippen molar-refractivity contribution in [1.82, 2.24) is 10.3 Å². The SMILES string of the molecule is C=CCSC1=NN2C(=c3ccccc3=N[C@H]2c2ccc(OCc3ccccc3)c(OC)c2)C(=O)N1. The lowest BCUT2D eigenvalue weighted by atomic mass is 10.1. The highest BCUT2D eigenvalue weighted by atomic mass is 32.2. The number of rotatable bonds is 7. The van der Waals surface area contributed by atoms with Crippen molar-refractivity contribution in [3.05, 3.63) is 107 Å². The smallest absolute Gasteiger partial charge is 0.276 e. The Bertz CT molecular complexity index is 1420. The first-order chi connectivity index (χ1) is 17.2. The third-order valence-electron chi connectivity index (χ3n) is 5.58. The van der Waals surface area contributed by atoms with Gasteiger partial charge in [-0.2, -0.15) is 0 Å². The van der Waals surface area contributed by atoms with Gasteiger partial charge in [-0.25, -0.2) is 5.01 Å². The lowest BCUT2D eigenvalue weighted by molar-refractivity contribution is -0.116. The van der Waals surface area contributed by atoms with E-state index in [9.17, 15) is 4.79 Å². The Morgan fingerprint density at radius 2 is 1.89 bits per heavy atom. The van der Waals surface area contributed by atoms with E-state index in [2.05, 4.69) is 11.9 Å². The minimum atomic E-state index is -0.539. The number of hydrazone groups is 1. The number of carbonyl (C=O) groups excluding carboxylic acids is 1. The van der Waals surface area contributed by atoms with Gasteiger partial charge in [-0.05, 0) is 23.8 Å². The van der Waals surface area contributed by atoms with Crippen molar-refractivity contribution < 1.29 is 14.3 Å². The first kappa shape index (κ1) is 22.7. The number of fused-ring (bicyclic) bond motifs is 2.